The van der Waals surface area contributed by atoms with E-state index < -0.39 is 0 Å². The van der Waals surface area contributed by atoms with Gasteiger partial charge in [0.05, 0.1) is 12.1 Å². The zero-order chi connectivity index (χ0) is 12.3. The van der Waals surface area contributed by atoms with Crippen molar-refractivity contribution in [3.63, 3.8) is 0 Å². The Bertz CT molecular complexity index is 370. The maximum atomic E-state index is 9.30. The summed E-state index contributed by atoms with van der Waals surface area (Å²) < 4.78 is 0. The van der Waals surface area contributed by atoms with Crippen LogP contribution in [0.1, 0.15) is 13.8 Å². The molecule has 0 saturated carbocycles. The van der Waals surface area contributed by atoms with E-state index in [0.29, 0.717) is 11.0 Å². The zero-order valence-electron chi connectivity index (χ0n) is 10.1. The molecule has 0 atom stereocenters. The normalized spacial score (nSPS) is 11.6. The molecule has 0 fully saturated rings. The summed E-state index contributed by atoms with van der Waals surface area (Å²) in [4.78, 5) is 10.3. The highest BCUT2D eigenvalue weighted by molar-refractivity contribution is 7.98. The third kappa shape index (κ3) is 2.76. The van der Waals surface area contributed by atoms with Crippen LogP contribution in [0.15, 0.2) is 11.2 Å². The summed E-state index contributed by atoms with van der Waals surface area (Å²) in [5.41, 5.74) is 5.33. The summed E-state index contributed by atoms with van der Waals surface area (Å²) in [7, 11) is 1.88. The molecule has 6 heteroatoms. The van der Waals surface area contributed by atoms with Gasteiger partial charge in [0, 0.05) is 13.1 Å². The van der Waals surface area contributed by atoms with Crippen LogP contribution in [0, 0.1) is 0 Å². The van der Waals surface area contributed by atoms with E-state index in [1.165, 1.54) is 11.8 Å². The lowest BCUT2D eigenvalue weighted by atomic mass is 10.1. The van der Waals surface area contributed by atoms with Gasteiger partial charge in [0.1, 0.15) is 11.6 Å². The molecule has 0 aliphatic rings. The van der Waals surface area contributed by atoms with Gasteiger partial charge in [-0.1, -0.05) is 11.8 Å². The fraction of sp³-hybridized carbons (Fsp3) is 0.600. The van der Waals surface area contributed by atoms with Crippen LogP contribution in [0.2, 0.25) is 0 Å². The van der Waals surface area contributed by atoms with Gasteiger partial charge in [-0.05, 0) is 20.1 Å². The van der Waals surface area contributed by atoms with Gasteiger partial charge in [-0.15, -0.1) is 0 Å². The molecular weight excluding hydrogens is 224 g/mol. The number of anilines is 2. The average Bonchev–Trinajstić information content (AvgIpc) is 2.27. The Morgan fingerprint density at radius 2 is 2.12 bits per heavy atom. The smallest absolute Gasteiger partial charge is 0.191 e. The Balaban J connectivity index is 3.08. The second-order valence-electron chi connectivity index (χ2n) is 4.17. The number of nitrogens with two attached hydrogens (primary N) is 1. The Kier molecular flexibility index (Phi) is 3.98. The number of nitrogens with zero attached hydrogens (tertiary/aromatic N) is 3. The molecule has 1 aromatic rings. The van der Waals surface area contributed by atoms with Gasteiger partial charge < -0.3 is 15.7 Å². The molecule has 90 valence electrons. The van der Waals surface area contributed by atoms with E-state index in [0.717, 1.165) is 5.82 Å². The van der Waals surface area contributed by atoms with E-state index in [4.69, 9.17) is 5.73 Å². The quantitative estimate of drug-likeness (QED) is 0.606. The Morgan fingerprint density at radius 1 is 1.50 bits per heavy atom. The van der Waals surface area contributed by atoms with Crippen LogP contribution in [0.4, 0.5) is 11.6 Å². The number of thioether (sulfide) groups is 1. The standard InChI is InChI=1S/C10H18N4OS/c1-10(2,6-15)14(3)8-5-7(11)12-9(13-8)16-4/h5,15H,6H2,1-4H3,(H2,11,12,13). The molecule has 0 aromatic carbocycles. The molecule has 1 rings (SSSR count). The lowest BCUT2D eigenvalue weighted by molar-refractivity contribution is 0.215. The molecule has 0 saturated heterocycles. The highest BCUT2D eigenvalue weighted by atomic mass is 32.2. The monoisotopic (exact) mass is 242 g/mol. The number of hydrogen-bond acceptors (Lipinski definition) is 6. The van der Waals surface area contributed by atoms with Crippen molar-refractivity contribution in [1.29, 1.82) is 0 Å². The molecule has 3 N–H and O–H groups in total. The lowest BCUT2D eigenvalue weighted by Crippen LogP contribution is -2.44. The van der Waals surface area contributed by atoms with Gasteiger partial charge in [0.15, 0.2) is 5.16 Å². The number of aromatic nitrogens is 2. The fourth-order valence-electron chi connectivity index (χ4n) is 1.11. The maximum absolute atomic E-state index is 9.30. The van der Waals surface area contributed by atoms with Gasteiger partial charge >= 0.3 is 0 Å². The fourth-order valence-corrected chi connectivity index (χ4v) is 1.49. The number of nitrogen functional groups attached to an aromatic ring is 1. The van der Waals surface area contributed by atoms with Crippen LogP contribution in [-0.4, -0.2) is 40.5 Å². The van der Waals surface area contributed by atoms with E-state index in [2.05, 4.69) is 9.97 Å². The summed E-state index contributed by atoms with van der Waals surface area (Å²) in [6, 6.07) is 1.71. The van der Waals surface area contributed by atoms with Gasteiger partial charge in [-0.2, -0.15) is 0 Å². The number of rotatable bonds is 4. The van der Waals surface area contributed by atoms with Crippen molar-refractivity contribution in [1.82, 2.24) is 9.97 Å². The van der Waals surface area contributed by atoms with Crippen LogP contribution < -0.4 is 10.6 Å². The first-order valence-corrected chi connectivity index (χ1v) is 6.16. The van der Waals surface area contributed by atoms with Gasteiger partial charge in [-0.25, -0.2) is 9.97 Å². The Hall–Kier alpha value is -1.01. The summed E-state index contributed by atoms with van der Waals surface area (Å²) >= 11 is 1.44. The van der Waals surface area contributed by atoms with Crippen molar-refractivity contribution in [2.45, 2.75) is 24.5 Å². The van der Waals surface area contributed by atoms with Gasteiger partial charge in [-0.3, -0.25) is 0 Å². The molecule has 1 heterocycles. The van der Waals surface area contributed by atoms with Crippen molar-refractivity contribution >= 4 is 23.4 Å². The van der Waals surface area contributed by atoms with Crippen molar-refractivity contribution in [3.8, 4) is 0 Å². The molecule has 0 bridgehead atoms. The second kappa shape index (κ2) is 4.88. The molecular formula is C10H18N4OS. The zero-order valence-corrected chi connectivity index (χ0v) is 10.9. The molecule has 1 aromatic heterocycles. The number of likely N-dealkylation sites (N-methyl/N-ethyl adjacent to an activating group) is 1. The Labute approximate surface area is 100 Å². The third-order valence-electron chi connectivity index (χ3n) is 2.53. The van der Waals surface area contributed by atoms with Crippen LogP contribution in [-0.2, 0) is 0 Å². The first kappa shape index (κ1) is 13.1. The van der Waals surface area contributed by atoms with Crippen LogP contribution in [0.5, 0.6) is 0 Å². The van der Waals surface area contributed by atoms with Crippen molar-refractivity contribution in [3.05, 3.63) is 6.07 Å². The summed E-state index contributed by atoms with van der Waals surface area (Å²) in [6.07, 6.45) is 1.90. The molecule has 0 unspecified atom stereocenters. The first-order chi connectivity index (χ1) is 7.40. The maximum Gasteiger partial charge on any atom is 0.191 e. The first-order valence-electron chi connectivity index (χ1n) is 4.94. The minimum atomic E-state index is -0.379. The van der Waals surface area contributed by atoms with Crippen molar-refractivity contribution in [2.75, 3.05) is 30.5 Å². The van der Waals surface area contributed by atoms with Gasteiger partial charge in [0.25, 0.3) is 0 Å². The second-order valence-corrected chi connectivity index (χ2v) is 4.94. The lowest BCUT2D eigenvalue weighted by Gasteiger charge is -2.34. The number of aliphatic hydroxyl groups is 1. The van der Waals surface area contributed by atoms with E-state index in [-0.39, 0.29) is 12.1 Å². The van der Waals surface area contributed by atoms with Crippen LogP contribution in [0.25, 0.3) is 0 Å². The largest absolute Gasteiger partial charge is 0.394 e. The predicted octanol–water partition coefficient (Wildman–Crippen LogP) is 0.988. The minimum Gasteiger partial charge on any atom is -0.394 e. The summed E-state index contributed by atoms with van der Waals surface area (Å²) in [5.74, 6) is 1.16. The Morgan fingerprint density at radius 3 is 2.62 bits per heavy atom. The molecule has 0 amide bonds. The molecule has 0 aliphatic heterocycles. The van der Waals surface area contributed by atoms with E-state index in [1.807, 2.05) is 32.1 Å². The van der Waals surface area contributed by atoms with Crippen molar-refractivity contribution in [2.24, 2.45) is 0 Å². The highest BCUT2D eigenvalue weighted by Gasteiger charge is 2.24. The molecule has 0 aliphatic carbocycles. The van der Waals surface area contributed by atoms with Crippen LogP contribution in [0.3, 0.4) is 0 Å². The molecule has 0 spiro atoms. The number of hydrogen-bond donors (Lipinski definition) is 2. The minimum absolute atomic E-state index is 0.0437. The number of aliphatic hydroxyl groups excluding tert-OH is 1. The topological polar surface area (TPSA) is 75.3 Å². The summed E-state index contributed by atoms with van der Waals surface area (Å²) in [5, 5.41) is 9.93. The van der Waals surface area contributed by atoms with Gasteiger partial charge in [0.2, 0.25) is 0 Å². The molecule has 5 nitrogen and oxygen atoms in total. The SMILES string of the molecule is CSc1nc(N)cc(N(C)C(C)(C)CO)n1. The highest BCUT2D eigenvalue weighted by Crippen LogP contribution is 2.23. The van der Waals surface area contributed by atoms with Crippen LogP contribution >= 0.6 is 11.8 Å². The average molecular weight is 242 g/mol. The molecule has 0 radical (unpaired) electrons. The van der Waals surface area contributed by atoms with E-state index in [9.17, 15) is 5.11 Å². The van der Waals surface area contributed by atoms with E-state index in [1.54, 1.807) is 6.07 Å². The third-order valence-corrected chi connectivity index (χ3v) is 3.08. The van der Waals surface area contributed by atoms with Crippen molar-refractivity contribution < 1.29 is 5.11 Å². The molecule has 16 heavy (non-hydrogen) atoms. The van der Waals surface area contributed by atoms with E-state index >= 15 is 0 Å². The predicted molar refractivity (Wildman–Crippen MR) is 67.8 cm³/mol. The summed E-state index contributed by atoms with van der Waals surface area (Å²) in [6.45, 7) is 3.91.